The van der Waals surface area contributed by atoms with E-state index in [-0.39, 0.29) is 24.7 Å². The molecule has 0 aromatic heterocycles. The molecule has 1 aromatic rings. The van der Waals surface area contributed by atoms with Crippen molar-refractivity contribution in [1.82, 2.24) is 4.90 Å². The maximum Gasteiger partial charge on any atom is 0.120 e. The molecule has 0 unspecified atom stereocenters. The monoisotopic (exact) mass is 227 g/mol. The van der Waals surface area contributed by atoms with Crippen LogP contribution < -0.4 is 0 Å². The van der Waals surface area contributed by atoms with E-state index in [4.69, 9.17) is 10.2 Å². The first-order valence-electron chi connectivity index (χ1n) is 5.12. The third-order valence-electron chi connectivity index (χ3n) is 2.29. The Bertz CT molecular complexity index is 324. The fourth-order valence-corrected chi connectivity index (χ4v) is 1.49. The molecule has 0 aliphatic carbocycles. The summed E-state index contributed by atoms with van der Waals surface area (Å²) in [6, 6.07) is 4.29. The number of hydrogen-bond acceptors (Lipinski definition) is 5. The molecule has 0 bridgehead atoms. The van der Waals surface area contributed by atoms with Crippen LogP contribution in [-0.2, 0) is 6.54 Å². The Labute approximate surface area is 94.2 Å². The number of phenols is 2. The van der Waals surface area contributed by atoms with E-state index in [9.17, 15) is 10.2 Å². The molecule has 5 heteroatoms. The SMILES string of the molecule is OCCN(CCO)Cc1cc(O)ccc1O. The fourth-order valence-electron chi connectivity index (χ4n) is 1.49. The number of hydrogen-bond donors (Lipinski definition) is 4. The lowest BCUT2D eigenvalue weighted by molar-refractivity contribution is 0.155. The molecule has 1 aromatic carbocycles. The van der Waals surface area contributed by atoms with Crippen molar-refractivity contribution in [2.24, 2.45) is 0 Å². The summed E-state index contributed by atoms with van der Waals surface area (Å²) >= 11 is 0. The van der Waals surface area contributed by atoms with Crippen LogP contribution in [0.2, 0.25) is 0 Å². The van der Waals surface area contributed by atoms with Crippen molar-refractivity contribution < 1.29 is 20.4 Å². The summed E-state index contributed by atoms with van der Waals surface area (Å²) in [5, 5.41) is 36.5. The van der Waals surface area contributed by atoms with Crippen molar-refractivity contribution in [3.63, 3.8) is 0 Å². The molecule has 0 radical (unpaired) electrons. The van der Waals surface area contributed by atoms with Crippen molar-refractivity contribution in [2.45, 2.75) is 6.54 Å². The van der Waals surface area contributed by atoms with Gasteiger partial charge in [-0.15, -0.1) is 0 Å². The van der Waals surface area contributed by atoms with E-state index in [1.165, 1.54) is 18.2 Å². The zero-order valence-corrected chi connectivity index (χ0v) is 9.00. The number of nitrogens with zero attached hydrogens (tertiary/aromatic N) is 1. The van der Waals surface area contributed by atoms with Gasteiger partial charge in [0.05, 0.1) is 13.2 Å². The number of benzene rings is 1. The molecule has 0 atom stereocenters. The normalized spacial score (nSPS) is 10.9. The summed E-state index contributed by atoms with van der Waals surface area (Å²) in [6.45, 7) is 1.17. The summed E-state index contributed by atoms with van der Waals surface area (Å²) in [6.07, 6.45) is 0. The largest absolute Gasteiger partial charge is 0.508 e. The number of aliphatic hydroxyl groups excluding tert-OH is 2. The average molecular weight is 227 g/mol. The minimum Gasteiger partial charge on any atom is -0.508 e. The van der Waals surface area contributed by atoms with E-state index in [1.54, 1.807) is 4.90 Å². The third kappa shape index (κ3) is 3.69. The first-order chi connectivity index (χ1) is 7.67. The first kappa shape index (κ1) is 12.8. The molecular formula is C11H17NO4. The van der Waals surface area contributed by atoms with Crippen LogP contribution >= 0.6 is 0 Å². The van der Waals surface area contributed by atoms with Crippen LogP contribution in [0.4, 0.5) is 0 Å². The third-order valence-corrected chi connectivity index (χ3v) is 2.29. The van der Waals surface area contributed by atoms with E-state index in [0.717, 1.165) is 0 Å². The molecule has 5 nitrogen and oxygen atoms in total. The molecule has 4 N–H and O–H groups in total. The second kappa shape index (κ2) is 6.32. The van der Waals surface area contributed by atoms with Crippen molar-refractivity contribution in [1.29, 1.82) is 0 Å². The van der Waals surface area contributed by atoms with Crippen molar-refractivity contribution in [2.75, 3.05) is 26.3 Å². The van der Waals surface area contributed by atoms with Gasteiger partial charge in [-0.1, -0.05) is 0 Å². The van der Waals surface area contributed by atoms with E-state index in [0.29, 0.717) is 25.2 Å². The van der Waals surface area contributed by atoms with Gasteiger partial charge in [0.1, 0.15) is 11.5 Å². The summed E-state index contributed by atoms with van der Waals surface area (Å²) in [4.78, 5) is 1.79. The molecule has 0 fully saturated rings. The van der Waals surface area contributed by atoms with Gasteiger partial charge < -0.3 is 20.4 Å². The molecule has 0 aliphatic rings. The Morgan fingerprint density at radius 1 is 1.00 bits per heavy atom. The van der Waals surface area contributed by atoms with Gasteiger partial charge in [-0.3, -0.25) is 4.90 Å². The minimum absolute atomic E-state index is 0.0143. The highest BCUT2D eigenvalue weighted by Crippen LogP contribution is 2.23. The van der Waals surface area contributed by atoms with Crippen LogP contribution in [-0.4, -0.2) is 51.6 Å². The number of aromatic hydroxyl groups is 2. The molecule has 1 rings (SSSR count). The van der Waals surface area contributed by atoms with Crippen LogP contribution in [0.5, 0.6) is 11.5 Å². The highest BCUT2D eigenvalue weighted by Gasteiger charge is 2.08. The maximum absolute atomic E-state index is 9.56. The van der Waals surface area contributed by atoms with Gasteiger partial charge in [-0.05, 0) is 18.2 Å². The van der Waals surface area contributed by atoms with E-state index >= 15 is 0 Å². The summed E-state index contributed by atoms with van der Waals surface area (Å²) < 4.78 is 0. The van der Waals surface area contributed by atoms with Gasteiger partial charge in [0.2, 0.25) is 0 Å². The molecule has 0 amide bonds. The summed E-state index contributed by atoms with van der Waals surface area (Å²) in [5.41, 5.74) is 0.571. The smallest absolute Gasteiger partial charge is 0.120 e. The molecule has 0 heterocycles. The first-order valence-corrected chi connectivity index (χ1v) is 5.12. The lowest BCUT2D eigenvalue weighted by Gasteiger charge is -2.20. The highest BCUT2D eigenvalue weighted by atomic mass is 16.3. The lowest BCUT2D eigenvalue weighted by Crippen LogP contribution is -2.29. The van der Waals surface area contributed by atoms with Gasteiger partial charge in [0.15, 0.2) is 0 Å². The highest BCUT2D eigenvalue weighted by molar-refractivity contribution is 5.38. The molecule has 16 heavy (non-hydrogen) atoms. The number of rotatable bonds is 6. The van der Waals surface area contributed by atoms with Gasteiger partial charge in [-0.2, -0.15) is 0 Å². The van der Waals surface area contributed by atoms with Crippen LogP contribution in [0.1, 0.15) is 5.56 Å². The molecule has 0 spiro atoms. The Kier molecular flexibility index (Phi) is 5.04. The van der Waals surface area contributed by atoms with Crippen LogP contribution in [0.15, 0.2) is 18.2 Å². The van der Waals surface area contributed by atoms with E-state index in [1.807, 2.05) is 0 Å². The topological polar surface area (TPSA) is 84.2 Å². The number of aliphatic hydroxyl groups is 2. The second-order valence-corrected chi connectivity index (χ2v) is 3.54. The Morgan fingerprint density at radius 3 is 2.19 bits per heavy atom. The van der Waals surface area contributed by atoms with Gasteiger partial charge >= 0.3 is 0 Å². The van der Waals surface area contributed by atoms with Gasteiger partial charge in [0.25, 0.3) is 0 Å². The maximum atomic E-state index is 9.56. The van der Waals surface area contributed by atoms with Gasteiger partial charge in [0, 0.05) is 25.2 Å². The van der Waals surface area contributed by atoms with Gasteiger partial charge in [-0.25, -0.2) is 0 Å². The van der Waals surface area contributed by atoms with Crippen molar-refractivity contribution in [3.05, 3.63) is 23.8 Å². The minimum atomic E-state index is -0.0143. The predicted molar refractivity (Wildman–Crippen MR) is 59.2 cm³/mol. The second-order valence-electron chi connectivity index (χ2n) is 3.54. The average Bonchev–Trinajstić information content (AvgIpc) is 2.24. The quantitative estimate of drug-likeness (QED) is 0.509. The molecule has 0 saturated carbocycles. The summed E-state index contributed by atoms with van der Waals surface area (Å²) in [7, 11) is 0. The Hall–Kier alpha value is -1.30. The predicted octanol–water partition coefficient (Wildman–Crippen LogP) is -0.116. The molecule has 0 saturated heterocycles. The van der Waals surface area contributed by atoms with E-state index < -0.39 is 0 Å². The molecule has 0 aliphatic heterocycles. The zero-order chi connectivity index (χ0) is 12.0. The Balaban J connectivity index is 2.71. The van der Waals surface area contributed by atoms with Crippen LogP contribution in [0.3, 0.4) is 0 Å². The zero-order valence-electron chi connectivity index (χ0n) is 9.00. The standard InChI is InChI=1S/C11H17NO4/c13-5-3-12(4-6-14)8-9-7-10(15)1-2-11(9)16/h1-2,7,13-16H,3-6,8H2. The Morgan fingerprint density at radius 2 is 1.62 bits per heavy atom. The fraction of sp³-hybridized carbons (Fsp3) is 0.455. The van der Waals surface area contributed by atoms with Crippen LogP contribution in [0, 0.1) is 0 Å². The summed E-state index contributed by atoms with van der Waals surface area (Å²) in [5.74, 6) is 0.180. The van der Waals surface area contributed by atoms with E-state index in [2.05, 4.69) is 0 Å². The lowest BCUT2D eigenvalue weighted by atomic mass is 10.1. The number of phenolic OH excluding ortho intramolecular Hbond substituents is 2. The molecule has 90 valence electrons. The molecular weight excluding hydrogens is 210 g/mol. The van der Waals surface area contributed by atoms with Crippen molar-refractivity contribution in [3.8, 4) is 11.5 Å². The van der Waals surface area contributed by atoms with Crippen LogP contribution in [0.25, 0.3) is 0 Å². The van der Waals surface area contributed by atoms with Crippen molar-refractivity contribution >= 4 is 0 Å².